The smallest absolute Gasteiger partial charge is 0.226 e. The maximum atomic E-state index is 12.6. The van der Waals surface area contributed by atoms with Crippen molar-refractivity contribution in [3.8, 4) is 11.1 Å². The molecule has 3 aromatic rings. The van der Waals surface area contributed by atoms with Gasteiger partial charge in [-0.2, -0.15) is 15.0 Å². The first kappa shape index (κ1) is 16.5. The molecule has 26 heavy (non-hydrogen) atoms. The third-order valence-electron chi connectivity index (χ3n) is 5.00. The molecule has 0 atom stereocenters. The molecule has 0 aliphatic carbocycles. The van der Waals surface area contributed by atoms with Gasteiger partial charge in [0.15, 0.2) is 0 Å². The van der Waals surface area contributed by atoms with E-state index in [9.17, 15) is 4.79 Å². The van der Waals surface area contributed by atoms with E-state index in [1.165, 1.54) is 11.1 Å². The zero-order chi connectivity index (χ0) is 17.8. The van der Waals surface area contributed by atoms with Gasteiger partial charge in [0, 0.05) is 13.1 Å². The van der Waals surface area contributed by atoms with Crippen LogP contribution in [-0.2, 0) is 11.2 Å². The van der Waals surface area contributed by atoms with Crippen molar-refractivity contribution in [2.24, 2.45) is 0 Å². The molecule has 0 bridgehead atoms. The van der Waals surface area contributed by atoms with Crippen molar-refractivity contribution >= 4 is 5.91 Å². The molecule has 0 saturated carbocycles. The summed E-state index contributed by atoms with van der Waals surface area (Å²) in [5, 5.41) is 8.43. The summed E-state index contributed by atoms with van der Waals surface area (Å²) < 4.78 is 0. The lowest BCUT2D eigenvalue weighted by molar-refractivity contribution is -0.131. The van der Waals surface area contributed by atoms with E-state index in [2.05, 4.69) is 46.6 Å². The molecule has 1 fully saturated rings. The van der Waals surface area contributed by atoms with Gasteiger partial charge in [0.1, 0.15) is 0 Å². The Morgan fingerprint density at radius 1 is 0.885 bits per heavy atom. The molecule has 0 unspecified atom stereocenters. The summed E-state index contributed by atoms with van der Waals surface area (Å²) in [6.45, 7) is 1.54. The molecule has 5 nitrogen and oxygen atoms in total. The molecule has 0 N–H and O–H groups in total. The summed E-state index contributed by atoms with van der Waals surface area (Å²) in [6, 6.07) is 18.9. The summed E-state index contributed by atoms with van der Waals surface area (Å²) >= 11 is 0. The minimum absolute atomic E-state index is 0.198. The fourth-order valence-electron chi connectivity index (χ4n) is 3.49. The maximum Gasteiger partial charge on any atom is 0.226 e. The SMILES string of the molecule is O=C(Cc1ccc(-c2ccccc2)cc1)N1CCC(n2nccn2)CC1. The highest BCUT2D eigenvalue weighted by molar-refractivity contribution is 5.79. The van der Waals surface area contributed by atoms with Gasteiger partial charge in [-0.25, -0.2) is 0 Å². The number of hydrogen-bond donors (Lipinski definition) is 0. The average molecular weight is 346 g/mol. The normalized spacial score (nSPS) is 15.2. The second-order valence-corrected chi connectivity index (χ2v) is 6.70. The molecule has 0 radical (unpaired) electrons. The largest absolute Gasteiger partial charge is 0.342 e. The van der Waals surface area contributed by atoms with Gasteiger partial charge in [-0.05, 0) is 29.5 Å². The van der Waals surface area contributed by atoms with E-state index in [-0.39, 0.29) is 5.91 Å². The van der Waals surface area contributed by atoms with Gasteiger partial charge in [-0.15, -0.1) is 0 Å². The Balaban J connectivity index is 1.34. The van der Waals surface area contributed by atoms with Crippen molar-refractivity contribution in [1.29, 1.82) is 0 Å². The number of amides is 1. The standard InChI is InChI=1S/C21H22N4O/c26-21(24-14-10-20(11-15-24)25-22-12-13-23-25)16-17-6-8-19(9-7-17)18-4-2-1-3-5-18/h1-9,12-13,20H,10-11,14-16H2. The first-order chi connectivity index (χ1) is 12.8. The van der Waals surface area contributed by atoms with Crippen LogP contribution in [0.2, 0.25) is 0 Å². The maximum absolute atomic E-state index is 12.6. The van der Waals surface area contributed by atoms with Gasteiger partial charge in [0.05, 0.1) is 24.9 Å². The molecule has 1 aliphatic rings. The summed E-state index contributed by atoms with van der Waals surface area (Å²) in [7, 11) is 0. The molecule has 5 heteroatoms. The Morgan fingerprint density at radius 3 is 2.15 bits per heavy atom. The Hall–Kier alpha value is -2.95. The molecule has 4 rings (SSSR count). The Labute approximate surface area is 153 Å². The molecule has 1 saturated heterocycles. The number of hydrogen-bond acceptors (Lipinski definition) is 3. The first-order valence-corrected chi connectivity index (χ1v) is 9.07. The van der Waals surface area contributed by atoms with E-state index >= 15 is 0 Å². The van der Waals surface area contributed by atoms with E-state index in [4.69, 9.17) is 0 Å². The van der Waals surface area contributed by atoms with Gasteiger partial charge in [-0.1, -0.05) is 54.6 Å². The van der Waals surface area contributed by atoms with Crippen molar-refractivity contribution in [3.63, 3.8) is 0 Å². The van der Waals surface area contributed by atoms with E-state index in [1.807, 2.05) is 23.1 Å². The van der Waals surface area contributed by atoms with Gasteiger partial charge >= 0.3 is 0 Å². The zero-order valence-electron chi connectivity index (χ0n) is 14.7. The van der Waals surface area contributed by atoms with Crippen LogP contribution in [0.3, 0.4) is 0 Å². The predicted molar refractivity (Wildman–Crippen MR) is 100 cm³/mol. The highest BCUT2D eigenvalue weighted by Gasteiger charge is 2.24. The zero-order valence-corrected chi connectivity index (χ0v) is 14.7. The lowest BCUT2D eigenvalue weighted by atomic mass is 10.0. The molecule has 2 heterocycles. The van der Waals surface area contributed by atoms with Gasteiger partial charge in [0.25, 0.3) is 0 Å². The van der Waals surface area contributed by atoms with E-state index in [1.54, 1.807) is 17.2 Å². The summed E-state index contributed by atoms with van der Waals surface area (Å²) in [6.07, 6.45) is 5.69. The number of nitrogens with zero attached hydrogens (tertiary/aromatic N) is 4. The van der Waals surface area contributed by atoms with Crippen LogP contribution in [0.5, 0.6) is 0 Å². The summed E-state index contributed by atoms with van der Waals surface area (Å²) in [4.78, 5) is 16.3. The van der Waals surface area contributed by atoms with Crippen LogP contribution in [0.15, 0.2) is 67.0 Å². The Bertz CT molecular complexity index is 835. The van der Waals surface area contributed by atoms with Crippen molar-refractivity contribution in [3.05, 3.63) is 72.6 Å². The summed E-state index contributed by atoms with van der Waals surface area (Å²) in [5.74, 6) is 0.198. The quantitative estimate of drug-likeness (QED) is 0.728. The second kappa shape index (κ2) is 7.52. The van der Waals surface area contributed by atoms with Crippen LogP contribution in [-0.4, -0.2) is 38.9 Å². The lowest BCUT2D eigenvalue weighted by Gasteiger charge is -2.31. The van der Waals surface area contributed by atoms with Crippen molar-refractivity contribution < 1.29 is 4.79 Å². The van der Waals surface area contributed by atoms with Gasteiger partial charge in [0.2, 0.25) is 5.91 Å². The fourth-order valence-corrected chi connectivity index (χ4v) is 3.49. The molecule has 2 aromatic carbocycles. The average Bonchev–Trinajstić information content (AvgIpc) is 3.24. The van der Waals surface area contributed by atoms with Crippen LogP contribution in [0, 0.1) is 0 Å². The van der Waals surface area contributed by atoms with Crippen LogP contribution >= 0.6 is 0 Å². The van der Waals surface area contributed by atoms with Gasteiger partial charge in [-0.3, -0.25) is 4.79 Å². The van der Waals surface area contributed by atoms with Crippen molar-refractivity contribution in [2.75, 3.05) is 13.1 Å². The Kier molecular flexibility index (Phi) is 4.78. The highest BCUT2D eigenvalue weighted by Crippen LogP contribution is 2.22. The predicted octanol–water partition coefficient (Wildman–Crippen LogP) is 3.35. The molecule has 132 valence electrons. The molecule has 1 amide bonds. The minimum atomic E-state index is 0.198. The van der Waals surface area contributed by atoms with Crippen molar-refractivity contribution in [1.82, 2.24) is 19.9 Å². The second-order valence-electron chi connectivity index (χ2n) is 6.70. The number of carbonyl (C=O) groups excluding carboxylic acids is 1. The summed E-state index contributed by atoms with van der Waals surface area (Å²) in [5.41, 5.74) is 3.43. The number of likely N-dealkylation sites (tertiary alicyclic amines) is 1. The van der Waals surface area contributed by atoms with Crippen LogP contribution in [0.4, 0.5) is 0 Å². The number of aromatic nitrogens is 3. The molecule has 1 aliphatic heterocycles. The van der Waals surface area contributed by atoms with E-state index < -0.39 is 0 Å². The Morgan fingerprint density at radius 2 is 1.50 bits per heavy atom. The number of rotatable bonds is 4. The minimum Gasteiger partial charge on any atom is -0.342 e. The number of piperidine rings is 1. The number of carbonyl (C=O) groups is 1. The third-order valence-corrected chi connectivity index (χ3v) is 5.00. The van der Waals surface area contributed by atoms with Crippen LogP contribution in [0.1, 0.15) is 24.4 Å². The third kappa shape index (κ3) is 3.67. The van der Waals surface area contributed by atoms with Crippen LogP contribution < -0.4 is 0 Å². The molecule has 1 aromatic heterocycles. The lowest BCUT2D eigenvalue weighted by Crippen LogP contribution is -2.40. The highest BCUT2D eigenvalue weighted by atomic mass is 16.2. The monoisotopic (exact) mass is 346 g/mol. The molecule has 0 spiro atoms. The van der Waals surface area contributed by atoms with Gasteiger partial charge < -0.3 is 4.90 Å². The molecular formula is C21H22N4O. The van der Waals surface area contributed by atoms with E-state index in [0.717, 1.165) is 31.5 Å². The molecular weight excluding hydrogens is 324 g/mol. The first-order valence-electron chi connectivity index (χ1n) is 9.07. The fraction of sp³-hybridized carbons (Fsp3) is 0.286. The van der Waals surface area contributed by atoms with E-state index in [0.29, 0.717) is 12.5 Å². The number of benzene rings is 2. The van der Waals surface area contributed by atoms with Crippen molar-refractivity contribution in [2.45, 2.75) is 25.3 Å². The topological polar surface area (TPSA) is 51.0 Å². The van der Waals surface area contributed by atoms with Crippen LogP contribution in [0.25, 0.3) is 11.1 Å².